The first-order valence-electron chi connectivity index (χ1n) is 9.13. The van der Waals surface area contributed by atoms with E-state index in [1.807, 2.05) is 38.1 Å². The largest absolute Gasteiger partial charge is 0.497 e. The van der Waals surface area contributed by atoms with E-state index in [1.54, 1.807) is 37.6 Å². The Bertz CT molecular complexity index is 1080. The van der Waals surface area contributed by atoms with E-state index in [9.17, 15) is 4.79 Å². The zero-order chi connectivity index (χ0) is 20.4. The predicted octanol–water partition coefficient (Wildman–Crippen LogP) is 3.60. The summed E-state index contributed by atoms with van der Waals surface area (Å²) in [5, 5.41) is 4.11. The summed E-state index contributed by atoms with van der Waals surface area (Å²) in [6, 6.07) is 14.7. The van der Waals surface area contributed by atoms with Crippen molar-refractivity contribution < 1.29 is 19.0 Å². The third-order valence-electron chi connectivity index (χ3n) is 4.81. The van der Waals surface area contributed by atoms with Crippen LogP contribution in [0, 0.1) is 13.8 Å². The van der Waals surface area contributed by atoms with Gasteiger partial charge in [0, 0.05) is 34.3 Å². The Morgan fingerprint density at radius 1 is 1.10 bits per heavy atom. The molecule has 0 aliphatic carbocycles. The van der Waals surface area contributed by atoms with Crippen molar-refractivity contribution in [1.82, 2.24) is 9.99 Å². The molecule has 0 fully saturated rings. The van der Waals surface area contributed by atoms with Gasteiger partial charge in [-0.05, 0) is 56.3 Å². The third-order valence-corrected chi connectivity index (χ3v) is 4.81. The lowest BCUT2D eigenvalue weighted by molar-refractivity contribution is 0.0955. The van der Waals surface area contributed by atoms with Crippen molar-refractivity contribution in [2.24, 2.45) is 5.10 Å². The number of fused-ring (bicyclic) bond motifs is 1. The second-order valence-electron chi connectivity index (χ2n) is 6.63. The lowest BCUT2D eigenvalue weighted by Crippen LogP contribution is -2.17. The number of carbonyl (C=O) groups is 1. The van der Waals surface area contributed by atoms with E-state index in [0.29, 0.717) is 11.3 Å². The van der Waals surface area contributed by atoms with Gasteiger partial charge in [-0.25, -0.2) is 5.43 Å². The second-order valence-corrected chi connectivity index (χ2v) is 6.63. The molecule has 0 saturated heterocycles. The summed E-state index contributed by atoms with van der Waals surface area (Å²) in [5.74, 6) is 1.89. The molecule has 7 nitrogen and oxygen atoms in total. The van der Waals surface area contributed by atoms with Gasteiger partial charge < -0.3 is 18.8 Å². The second kappa shape index (κ2) is 7.71. The van der Waals surface area contributed by atoms with Crippen LogP contribution in [-0.2, 0) is 0 Å². The Hall–Kier alpha value is -3.74. The number of hydrogen-bond donors (Lipinski definition) is 1. The Balaban J connectivity index is 1.51. The maximum Gasteiger partial charge on any atom is 0.271 e. The summed E-state index contributed by atoms with van der Waals surface area (Å²) in [4.78, 5) is 12.2. The molecule has 1 aliphatic rings. The highest BCUT2D eigenvalue weighted by molar-refractivity contribution is 5.95. The van der Waals surface area contributed by atoms with Crippen molar-refractivity contribution in [2.45, 2.75) is 13.8 Å². The molecule has 2 aromatic carbocycles. The molecular weight excluding hydrogens is 370 g/mol. The van der Waals surface area contributed by atoms with Crippen molar-refractivity contribution >= 4 is 12.1 Å². The number of nitrogens with zero attached hydrogens (tertiary/aromatic N) is 2. The molecule has 4 rings (SSSR count). The first-order valence-corrected chi connectivity index (χ1v) is 9.13. The number of aromatic nitrogens is 1. The number of ether oxygens (including phenoxy) is 3. The molecule has 1 aromatic heterocycles. The van der Waals surface area contributed by atoms with Crippen LogP contribution in [0.15, 0.2) is 53.6 Å². The molecule has 148 valence electrons. The van der Waals surface area contributed by atoms with E-state index in [0.717, 1.165) is 34.1 Å². The summed E-state index contributed by atoms with van der Waals surface area (Å²) in [6.07, 6.45) is 1.65. The van der Waals surface area contributed by atoms with Gasteiger partial charge in [-0.15, -0.1) is 0 Å². The maximum absolute atomic E-state index is 12.2. The number of amides is 1. The minimum atomic E-state index is -0.284. The van der Waals surface area contributed by atoms with Crippen LogP contribution < -0.4 is 19.6 Å². The summed E-state index contributed by atoms with van der Waals surface area (Å²) in [6.45, 7) is 4.27. The lowest BCUT2D eigenvalue weighted by atomic mass is 10.2. The average Bonchev–Trinajstić information content (AvgIpc) is 3.31. The van der Waals surface area contributed by atoms with Gasteiger partial charge in [0.2, 0.25) is 6.79 Å². The molecule has 1 N–H and O–H groups in total. The third kappa shape index (κ3) is 3.67. The quantitative estimate of drug-likeness (QED) is 0.533. The monoisotopic (exact) mass is 391 g/mol. The molecule has 0 unspecified atom stereocenters. The van der Waals surface area contributed by atoms with E-state index in [2.05, 4.69) is 15.1 Å². The predicted molar refractivity (Wildman–Crippen MR) is 109 cm³/mol. The van der Waals surface area contributed by atoms with Gasteiger partial charge in [0.25, 0.3) is 5.91 Å². The van der Waals surface area contributed by atoms with Crippen LogP contribution >= 0.6 is 0 Å². The summed E-state index contributed by atoms with van der Waals surface area (Å²) >= 11 is 0. The zero-order valence-corrected chi connectivity index (χ0v) is 16.4. The van der Waals surface area contributed by atoms with E-state index >= 15 is 0 Å². The smallest absolute Gasteiger partial charge is 0.271 e. The van der Waals surface area contributed by atoms with Crippen LogP contribution in [0.25, 0.3) is 5.69 Å². The molecule has 29 heavy (non-hydrogen) atoms. The lowest BCUT2D eigenvalue weighted by Gasteiger charge is -2.10. The standard InChI is InChI=1S/C22H21N3O4/c1-14-10-17(12-23-24-22(26)16-4-7-19(27-3)8-5-16)15(2)25(14)18-6-9-20-21(11-18)29-13-28-20/h4-12H,13H2,1-3H3,(H,24,26)/b23-12-. The van der Waals surface area contributed by atoms with Crippen molar-refractivity contribution in [3.8, 4) is 22.9 Å². The molecule has 3 aromatic rings. The van der Waals surface area contributed by atoms with Gasteiger partial charge in [0.05, 0.1) is 13.3 Å². The van der Waals surface area contributed by atoms with Gasteiger partial charge in [0.1, 0.15) is 5.75 Å². The minimum Gasteiger partial charge on any atom is -0.497 e. The normalized spacial score (nSPS) is 12.4. The van der Waals surface area contributed by atoms with Crippen molar-refractivity contribution in [3.63, 3.8) is 0 Å². The molecule has 2 heterocycles. The van der Waals surface area contributed by atoms with Crippen LogP contribution in [0.1, 0.15) is 27.3 Å². The van der Waals surface area contributed by atoms with Crippen molar-refractivity contribution in [2.75, 3.05) is 13.9 Å². The number of carbonyl (C=O) groups excluding carboxylic acids is 1. The molecule has 0 saturated carbocycles. The van der Waals surface area contributed by atoms with Crippen LogP contribution in [0.4, 0.5) is 0 Å². The molecule has 1 amide bonds. The summed E-state index contributed by atoms with van der Waals surface area (Å²) < 4.78 is 18.1. The molecule has 0 radical (unpaired) electrons. The van der Waals surface area contributed by atoms with E-state index < -0.39 is 0 Å². The fourth-order valence-corrected chi connectivity index (χ4v) is 3.31. The van der Waals surface area contributed by atoms with Gasteiger partial charge in [-0.3, -0.25) is 4.79 Å². The molecule has 0 bridgehead atoms. The van der Waals surface area contributed by atoms with E-state index in [1.165, 1.54) is 0 Å². The first-order chi connectivity index (χ1) is 14.1. The average molecular weight is 391 g/mol. The zero-order valence-electron chi connectivity index (χ0n) is 16.4. The van der Waals surface area contributed by atoms with E-state index in [-0.39, 0.29) is 12.7 Å². The van der Waals surface area contributed by atoms with Crippen LogP contribution in [0.5, 0.6) is 17.2 Å². The topological polar surface area (TPSA) is 74.1 Å². The number of methoxy groups -OCH3 is 1. The Kier molecular flexibility index (Phi) is 4.95. The van der Waals surface area contributed by atoms with Crippen LogP contribution in [-0.4, -0.2) is 30.6 Å². The van der Waals surface area contributed by atoms with Crippen LogP contribution in [0.3, 0.4) is 0 Å². The van der Waals surface area contributed by atoms with Gasteiger partial charge in [-0.1, -0.05) is 0 Å². The Labute approximate surface area is 168 Å². The number of rotatable bonds is 5. The fraction of sp³-hybridized carbons (Fsp3) is 0.182. The summed E-state index contributed by atoms with van der Waals surface area (Å²) in [5.41, 5.74) is 7.01. The van der Waals surface area contributed by atoms with Gasteiger partial charge in [0.15, 0.2) is 11.5 Å². The highest BCUT2D eigenvalue weighted by Crippen LogP contribution is 2.34. The molecule has 0 atom stereocenters. The van der Waals surface area contributed by atoms with Crippen molar-refractivity contribution in [3.05, 3.63) is 71.0 Å². The number of nitrogens with one attached hydrogen (secondary N) is 1. The van der Waals surface area contributed by atoms with Crippen LogP contribution in [0.2, 0.25) is 0 Å². The number of hydrazone groups is 1. The summed E-state index contributed by atoms with van der Waals surface area (Å²) in [7, 11) is 1.58. The maximum atomic E-state index is 12.2. The highest BCUT2D eigenvalue weighted by Gasteiger charge is 2.16. The van der Waals surface area contributed by atoms with E-state index in [4.69, 9.17) is 14.2 Å². The molecular formula is C22H21N3O4. The van der Waals surface area contributed by atoms with Gasteiger partial charge in [-0.2, -0.15) is 5.10 Å². The minimum absolute atomic E-state index is 0.244. The number of benzene rings is 2. The first kappa shape index (κ1) is 18.6. The van der Waals surface area contributed by atoms with Gasteiger partial charge >= 0.3 is 0 Å². The molecule has 7 heteroatoms. The Morgan fingerprint density at radius 3 is 2.62 bits per heavy atom. The SMILES string of the molecule is COc1ccc(C(=O)N/N=C\c2cc(C)n(-c3ccc4c(c3)OCO4)c2C)cc1. The Morgan fingerprint density at radius 2 is 1.86 bits per heavy atom. The number of hydrogen-bond acceptors (Lipinski definition) is 5. The van der Waals surface area contributed by atoms with Crippen molar-refractivity contribution in [1.29, 1.82) is 0 Å². The number of aryl methyl sites for hydroxylation is 1. The molecule has 0 spiro atoms. The highest BCUT2D eigenvalue weighted by atomic mass is 16.7. The fourth-order valence-electron chi connectivity index (χ4n) is 3.31. The molecule has 1 aliphatic heterocycles.